The number of thiophene rings is 1. The van der Waals surface area contributed by atoms with Gasteiger partial charge in [0.15, 0.2) is 11.5 Å². The molecule has 1 aromatic carbocycles. The first-order valence-electron chi connectivity index (χ1n) is 9.89. The number of benzene rings is 1. The Morgan fingerprint density at radius 2 is 1.97 bits per heavy atom. The molecule has 0 aliphatic carbocycles. The maximum absolute atomic E-state index is 12.6. The van der Waals surface area contributed by atoms with Crippen LogP contribution >= 0.6 is 22.7 Å². The standard InChI is InChI=1S/C22H18N6O2S2/c1-14-19(32-22(24-14)16-8-5-13-31-16)21(29)23-11-12-30-18-10-9-17-25-26-20(28(17)27-18)15-6-3-2-4-7-15/h2-10,13H,11-12H2,1H3,(H,23,29). The molecule has 0 saturated heterocycles. The first-order valence-corrected chi connectivity index (χ1v) is 11.6. The number of rotatable bonds is 7. The molecule has 0 spiro atoms. The molecule has 0 atom stereocenters. The molecule has 0 unspecified atom stereocenters. The van der Waals surface area contributed by atoms with Gasteiger partial charge in [-0.05, 0) is 24.4 Å². The second kappa shape index (κ2) is 8.85. The van der Waals surface area contributed by atoms with Crippen molar-refractivity contribution in [3.63, 3.8) is 0 Å². The van der Waals surface area contributed by atoms with Gasteiger partial charge in [-0.2, -0.15) is 4.52 Å². The zero-order valence-electron chi connectivity index (χ0n) is 17.1. The summed E-state index contributed by atoms with van der Waals surface area (Å²) in [7, 11) is 0. The second-order valence-corrected chi connectivity index (χ2v) is 8.79. The van der Waals surface area contributed by atoms with E-state index < -0.39 is 0 Å². The van der Waals surface area contributed by atoms with Crippen LogP contribution in [0.25, 0.3) is 26.9 Å². The van der Waals surface area contributed by atoms with Gasteiger partial charge in [0.1, 0.15) is 16.5 Å². The van der Waals surface area contributed by atoms with Gasteiger partial charge >= 0.3 is 0 Å². The van der Waals surface area contributed by atoms with E-state index in [1.807, 2.05) is 54.8 Å². The number of aromatic nitrogens is 5. The smallest absolute Gasteiger partial charge is 0.263 e. The van der Waals surface area contributed by atoms with E-state index in [1.165, 1.54) is 11.3 Å². The number of nitrogens with one attached hydrogen (secondary N) is 1. The van der Waals surface area contributed by atoms with E-state index in [-0.39, 0.29) is 12.5 Å². The van der Waals surface area contributed by atoms with Crippen LogP contribution in [0.4, 0.5) is 0 Å². The maximum Gasteiger partial charge on any atom is 0.263 e. The van der Waals surface area contributed by atoms with E-state index in [9.17, 15) is 4.79 Å². The first-order chi connectivity index (χ1) is 15.7. The van der Waals surface area contributed by atoms with Crippen LogP contribution < -0.4 is 10.1 Å². The number of nitrogens with zero attached hydrogens (tertiary/aromatic N) is 5. The number of carbonyl (C=O) groups excluding carboxylic acids is 1. The molecule has 0 bridgehead atoms. The van der Waals surface area contributed by atoms with Gasteiger partial charge in [0.25, 0.3) is 5.91 Å². The van der Waals surface area contributed by atoms with Crippen LogP contribution in [0.3, 0.4) is 0 Å². The largest absolute Gasteiger partial charge is 0.475 e. The summed E-state index contributed by atoms with van der Waals surface area (Å²) in [6.07, 6.45) is 0. The lowest BCUT2D eigenvalue weighted by molar-refractivity contribution is 0.0949. The maximum atomic E-state index is 12.6. The fraction of sp³-hybridized carbons (Fsp3) is 0.136. The fourth-order valence-corrected chi connectivity index (χ4v) is 4.91. The van der Waals surface area contributed by atoms with E-state index >= 15 is 0 Å². The lowest BCUT2D eigenvalue weighted by Crippen LogP contribution is -2.28. The number of amides is 1. The van der Waals surface area contributed by atoms with Gasteiger partial charge in [-0.25, -0.2) is 4.98 Å². The molecule has 5 aromatic rings. The average Bonchev–Trinajstić information content (AvgIpc) is 3.56. The predicted octanol–water partition coefficient (Wildman–Crippen LogP) is 4.09. The molecule has 1 amide bonds. The summed E-state index contributed by atoms with van der Waals surface area (Å²) in [5.41, 5.74) is 2.27. The number of aryl methyl sites for hydroxylation is 1. The van der Waals surface area contributed by atoms with Crippen LogP contribution in [-0.4, -0.2) is 43.9 Å². The molecule has 0 aliphatic heterocycles. The van der Waals surface area contributed by atoms with Crippen molar-refractivity contribution >= 4 is 34.2 Å². The molecule has 4 heterocycles. The molecule has 1 N–H and O–H groups in total. The number of hydrogen-bond donors (Lipinski definition) is 1. The molecule has 5 rings (SSSR count). The number of thiazole rings is 1. The van der Waals surface area contributed by atoms with Gasteiger partial charge in [-0.1, -0.05) is 36.4 Å². The highest BCUT2D eigenvalue weighted by Gasteiger charge is 2.16. The van der Waals surface area contributed by atoms with Crippen molar-refractivity contribution < 1.29 is 9.53 Å². The summed E-state index contributed by atoms with van der Waals surface area (Å²) in [5.74, 6) is 0.916. The van der Waals surface area contributed by atoms with E-state index in [0.717, 1.165) is 21.1 Å². The van der Waals surface area contributed by atoms with E-state index in [4.69, 9.17) is 4.74 Å². The fourth-order valence-electron chi connectivity index (χ4n) is 3.13. The van der Waals surface area contributed by atoms with Crippen LogP contribution in [0.2, 0.25) is 0 Å². The van der Waals surface area contributed by atoms with Gasteiger partial charge in [-0.15, -0.1) is 38.0 Å². The zero-order valence-corrected chi connectivity index (χ0v) is 18.7. The summed E-state index contributed by atoms with van der Waals surface area (Å²) >= 11 is 3.01. The summed E-state index contributed by atoms with van der Waals surface area (Å²) in [6.45, 7) is 2.47. The minimum absolute atomic E-state index is 0.153. The monoisotopic (exact) mass is 462 g/mol. The quantitative estimate of drug-likeness (QED) is 0.366. The highest BCUT2D eigenvalue weighted by Crippen LogP contribution is 2.31. The van der Waals surface area contributed by atoms with E-state index in [0.29, 0.717) is 28.8 Å². The molecule has 8 nitrogen and oxygen atoms in total. The van der Waals surface area contributed by atoms with E-state index in [2.05, 4.69) is 25.6 Å². The Morgan fingerprint density at radius 3 is 2.78 bits per heavy atom. The third kappa shape index (κ3) is 4.10. The molecule has 0 fully saturated rings. The van der Waals surface area contributed by atoms with Crippen molar-refractivity contribution in [1.82, 2.24) is 30.1 Å². The SMILES string of the molecule is Cc1nc(-c2cccs2)sc1C(=O)NCCOc1ccc2nnc(-c3ccccc3)n2n1. The van der Waals surface area contributed by atoms with Crippen molar-refractivity contribution in [2.24, 2.45) is 0 Å². The highest BCUT2D eigenvalue weighted by molar-refractivity contribution is 7.22. The van der Waals surface area contributed by atoms with Crippen molar-refractivity contribution in [2.75, 3.05) is 13.2 Å². The molecule has 32 heavy (non-hydrogen) atoms. The van der Waals surface area contributed by atoms with E-state index in [1.54, 1.807) is 28.0 Å². The Kier molecular flexibility index (Phi) is 5.61. The van der Waals surface area contributed by atoms with Crippen LogP contribution in [-0.2, 0) is 0 Å². The first kappa shape index (κ1) is 20.3. The van der Waals surface area contributed by atoms with Crippen molar-refractivity contribution in [1.29, 1.82) is 0 Å². The third-order valence-corrected chi connectivity index (χ3v) is 6.84. The predicted molar refractivity (Wildman–Crippen MR) is 124 cm³/mol. The van der Waals surface area contributed by atoms with Crippen LogP contribution in [0, 0.1) is 6.92 Å². The Hall–Kier alpha value is -3.63. The number of hydrogen-bond acceptors (Lipinski definition) is 8. The molecule has 0 radical (unpaired) electrons. The van der Waals surface area contributed by atoms with Crippen LogP contribution in [0.5, 0.6) is 5.88 Å². The van der Waals surface area contributed by atoms with Crippen LogP contribution in [0.1, 0.15) is 15.4 Å². The van der Waals surface area contributed by atoms with Crippen molar-refractivity contribution in [3.05, 3.63) is 70.5 Å². The average molecular weight is 463 g/mol. The van der Waals surface area contributed by atoms with Gasteiger partial charge in [-0.3, -0.25) is 4.79 Å². The number of fused-ring (bicyclic) bond motifs is 1. The van der Waals surface area contributed by atoms with Gasteiger partial charge < -0.3 is 10.1 Å². The minimum Gasteiger partial charge on any atom is -0.475 e. The van der Waals surface area contributed by atoms with Gasteiger partial charge in [0.2, 0.25) is 5.88 Å². The summed E-state index contributed by atoms with van der Waals surface area (Å²) < 4.78 is 7.39. The minimum atomic E-state index is -0.153. The molecule has 0 saturated carbocycles. The Labute approximate surface area is 191 Å². The number of carbonyl (C=O) groups is 1. The summed E-state index contributed by atoms with van der Waals surface area (Å²) in [5, 5.41) is 18.6. The lowest BCUT2D eigenvalue weighted by Gasteiger charge is -2.07. The summed E-state index contributed by atoms with van der Waals surface area (Å²) in [4.78, 5) is 18.8. The Balaban J connectivity index is 1.21. The molecular weight excluding hydrogens is 444 g/mol. The Bertz CT molecular complexity index is 1360. The number of ether oxygens (including phenoxy) is 1. The molecule has 0 aliphatic rings. The Morgan fingerprint density at radius 1 is 1.09 bits per heavy atom. The van der Waals surface area contributed by atoms with Crippen LogP contribution in [0.15, 0.2) is 60.0 Å². The second-order valence-electron chi connectivity index (χ2n) is 6.85. The van der Waals surface area contributed by atoms with Crippen molar-refractivity contribution in [3.8, 4) is 27.2 Å². The van der Waals surface area contributed by atoms with Gasteiger partial charge in [0, 0.05) is 11.6 Å². The summed E-state index contributed by atoms with van der Waals surface area (Å²) in [6, 6.07) is 17.2. The third-order valence-electron chi connectivity index (χ3n) is 4.64. The molecule has 10 heteroatoms. The van der Waals surface area contributed by atoms with Crippen molar-refractivity contribution in [2.45, 2.75) is 6.92 Å². The lowest BCUT2D eigenvalue weighted by atomic mass is 10.2. The molecule has 4 aromatic heterocycles. The molecule has 160 valence electrons. The molecular formula is C22H18N6O2S2. The topological polar surface area (TPSA) is 94.3 Å². The zero-order chi connectivity index (χ0) is 21.9. The normalized spacial score (nSPS) is 11.0. The highest BCUT2D eigenvalue weighted by atomic mass is 32.1. The van der Waals surface area contributed by atoms with Gasteiger partial charge in [0.05, 0.1) is 17.1 Å².